The SMILES string of the molecule is C=CCOc1ccc([C@@H]2/C(=C(\O)c3ccc(C)cc3)C(=O)C(=O)N2CCCn2ccnc2)cc1. The maximum Gasteiger partial charge on any atom is 0.295 e. The van der Waals surface area contributed by atoms with E-state index >= 15 is 0 Å². The van der Waals surface area contributed by atoms with Crippen LogP contribution in [0.3, 0.4) is 0 Å². The molecule has 1 amide bonds. The fourth-order valence-electron chi connectivity index (χ4n) is 4.07. The zero-order valence-electron chi connectivity index (χ0n) is 19.1. The molecule has 2 heterocycles. The Morgan fingerprint density at radius 3 is 2.50 bits per heavy atom. The number of imidazole rings is 1. The second-order valence-corrected chi connectivity index (χ2v) is 8.18. The lowest BCUT2D eigenvalue weighted by Gasteiger charge is -2.25. The summed E-state index contributed by atoms with van der Waals surface area (Å²) in [6.07, 6.45) is 7.55. The highest BCUT2D eigenvalue weighted by Crippen LogP contribution is 2.40. The van der Waals surface area contributed by atoms with Gasteiger partial charge in [-0.1, -0.05) is 54.6 Å². The quantitative estimate of drug-likeness (QED) is 0.225. The minimum Gasteiger partial charge on any atom is -0.507 e. The number of amides is 1. The summed E-state index contributed by atoms with van der Waals surface area (Å²) in [7, 11) is 0. The van der Waals surface area contributed by atoms with Crippen molar-refractivity contribution in [3.8, 4) is 5.75 Å². The van der Waals surface area contributed by atoms with Crippen LogP contribution in [0, 0.1) is 6.92 Å². The average Bonchev–Trinajstić information content (AvgIpc) is 3.45. The Morgan fingerprint density at radius 2 is 1.85 bits per heavy atom. The lowest BCUT2D eigenvalue weighted by Crippen LogP contribution is -2.31. The van der Waals surface area contributed by atoms with Crippen LogP contribution >= 0.6 is 0 Å². The highest BCUT2D eigenvalue weighted by atomic mass is 16.5. The third-order valence-corrected chi connectivity index (χ3v) is 5.80. The molecule has 0 saturated carbocycles. The second-order valence-electron chi connectivity index (χ2n) is 8.18. The number of aromatic nitrogens is 2. The fourth-order valence-corrected chi connectivity index (χ4v) is 4.07. The molecule has 4 rings (SSSR count). The molecule has 1 aliphatic rings. The maximum absolute atomic E-state index is 13.1. The molecular weight excluding hydrogens is 430 g/mol. The van der Waals surface area contributed by atoms with E-state index in [4.69, 9.17) is 4.74 Å². The van der Waals surface area contributed by atoms with E-state index in [1.54, 1.807) is 47.8 Å². The number of aliphatic hydroxyl groups excluding tert-OH is 1. The normalized spacial score (nSPS) is 17.2. The minimum atomic E-state index is -0.697. The Morgan fingerprint density at radius 1 is 1.12 bits per heavy atom. The summed E-state index contributed by atoms with van der Waals surface area (Å²) in [5.41, 5.74) is 2.35. The summed E-state index contributed by atoms with van der Waals surface area (Å²) in [5, 5.41) is 11.1. The van der Waals surface area contributed by atoms with Gasteiger partial charge in [-0.25, -0.2) is 4.98 Å². The first-order valence-corrected chi connectivity index (χ1v) is 11.1. The average molecular weight is 458 g/mol. The number of likely N-dealkylation sites (tertiary alicyclic amines) is 1. The predicted octanol–water partition coefficient (Wildman–Crippen LogP) is 4.27. The van der Waals surface area contributed by atoms with Crippen molar-refractivity contribution in [1.82, 2.24) is 14.5 Å². The summed E-state index contributed by atoms with van der Waals surface area (Å²) in [6.45, 7) is 6.97. The third-order valence-electron chi connectivity index (χ3n) is 5.80. The molecule has 7 heteroatoms. The summed E-state index contributed by atoms with van der Waals surface area (Å²) < 4.78 is 7.49. The molecular formula is C27H27N3O4. The van der Waals surface area contributed by atoms with E-state index in [1.165, 1.54) is 0 Å². The van der Waals surface area contributed by atoms with Gasteiger partial charge in [0.1, 0.15) is 18.1 Å². The van der Waals surface area contributed by atoms with Gasteiger partial charge >= 0.3 is 0 Å². The zero-order chi connectivity index (χ0) is 24.1. The molecule has 1 N–H and O–H groups in total. The molecule has 0 bridgehead atoms. The minimum absolute atomic E-state index is 0.0937. The number of aliphatic hydroxyl groups is 1. The van der Waals surface area contributed by atoms with Crippen LogP contribution in [0.25, 0.3) is 5.76 Å². The van der Waals surface area contributed by atoms with Crippen molar-refractivity contribution in [2.45, 2.75) is 25.9 Å². The Balaban J connectivity index is 1.70. The van der Waals surface area contributed by atoms with Crippen LogP contribution in [0.15, 0.2) is 85.5 Å². The van der Waals surface area contributed by atoms with Gasteiger partial charge in [0.2, 0.25) is 0 Å². The van der Waals surface area contributed by atoms with Crippen LogP contribution in [0.1, 0.15) is 29.2 Å². The number of carbonyl (C=O) groups excluding carboxylic acids is 2. The van der Waals surface area contributed by atoms with Gasteiger partial charge in [0, 0.05) is 31.0 Å². The summed E-state index contributed by atoms with van der Waals surface area (Å²) in [4.78, 5) is 31.8. The number of aryl methyl sites for hydroxylation is 2. The molecule has 1 aromatic heterocycles. The van der Waals surface area contributed by atoms with Crippen molar-refractivity contribution in [2.24, 2.45) is 0 Å². The number of ketones is 1. The smallest absolute Gasteiger partial charge is 0.295 e. The van der Waals surface area contributed by atoms with Crippen molar-refractivity contribution in [3.05, 3.63) is 102 Å². The van der Waals surface area contributed by atoms with Gasteiger partial charge in [-0.05, 0) is 31.0 Å². The van der Waals surface area contributed by atoms with Crippen molar-refractivity contribution in [3.63, 3.8) is 0 Å². The number of ether oxygens (including phenoxy) is 1. The van der Waals surface area contributed by atoms with Crippen molar-refractivity contribution in [1.29, 1.82) is 0 Å². The highest BCUT2D eigenvalue weighted by Gasteiger charge is 2.45. The Kier molecular flexibility index (Phi) is 6.92. The molecule has 1 aliphatic heterocycles. The van der Waals surface area contributed by atoms with E-state index in [-0.39, 0.29) is 11.3 Å². The molecule has 7 nitrogen and oxygen atoms in total. The number of rotatable bonds is 9. The molecule has 1 fully saturated rings. The topological polar surface area (TPSA) is 84.7 Å². The Hall–Kier alpha value is -4.13. The summed E-state index contributed by atoms with van der Waals surface area (Å²) in [5.74, 6) is -0.819. The van der Waals surface area contributed by atoms with Crippen LogP contribution < -0.4 is 4.74 Å². The molecule has 1 atom stereocenters. The molecule has 0 unspecified atom stereocenters. The first kappa shape index (κ1) is 23.0. The molecule has 0 spiro atoms. The van der Waals surface area contributed by atoms with E-state index in [9.17, 15) is 14.7 Å². The van der Waals surface area contributed by atoms with Gasteiger partial charge in [0.15, 0.2) is 0 Å². The van der Waals surface area contributed by atoms with Crippen molar-refractivity contribution >= 4 is 17.4 Å². The second kappa shape index (κ2) is 10.2. The Bertz CT molecular complexity index is 1200. The van der Waals surface area contributed by atoms with Crippen LogP contribution in [0.2, 0.25) is 0 Å². The summed E-state index contributed by atoms with van der Waals surface area (Å²) in [6, 6.07) is 13.7. The van der Waals surface area contributed by atoms with Gasteiger partial charge in [-0.3, -0.25) is 9.59 Å². The standard InChI is InChI=1S/C27H27N3O4/c1-3-17-34-22-11-9-20(10-12-22)24-23(25(31)21-7-5-19(2)6-8-21)26(32)27(33)30(24)15-4-14-29-16-13-28-18-29/h3,5-13,16,18,24,31H,1,4,14-15,17H2,2H3/b25-23+/t24-/m1/s1. The zero-order valence-corrected chi connectivity index (χ0v) is 19.1. The third kappa shape index (κ3) is 4.78. The highest BCUT2D eigenvalue weighted by molar-refractivity contribution is 6.46. The number of hydrogen-bond donors (Lipinski definition) is 1. The van der Waals surface area contributed by atoms with Crippen LogP contribution in [-0.4, -0.2) is 44.4 Å². The molecule has 1 saturated heterocycles. The molecule has 174 valence electrons. The summed E-state index contributed by atoms with van der Waals surface area (Å²) >= 11 is 0. The van der Waals surface area contributed by atoms with Crippen LogP contribution in [0.4, 0.5) is 0 Å². The Labute approximate surface area is 198 Å². The number of carbonyl (C=O) groups is 2. The van der Waals surface area contributed by atoms with Crippen molar-refractivity contribution < 1.29 is 19.4 Å². The van der Waals surface area contributed by atoms with Gasteiger partial charge in [-0.15, -0.1) is 0 Å². The number of hydrogen-bond acceptors (Lipinski definition) is 5. The van der Waals surface area contributed by atoms with Gasteiger partial charge in [0.25, 0.3) is 11.7 Å². The first-order valence-electron chi connectivity index (χ1n) is 11.1. The molecule has 0 aliphatic carbocycles. The van der Waals surface area contributed by atoms with Gasteiger partial charge in [-0.2, -0.15) is 0 Å². The van der Waals surface area contributed by atoms with E-state index in [2.05, 4.69) is 11.6 Å². The van der Waals surface area contributed by atoms with E-state index in [0.717, 1.165) is 11.1 Å². The number of Topliss-reactive ketones (excluding diaryl/α,β-unsaturated/α-hetero) is 1. The molecule has 0 radical (unpaired) electrons. The predicted molar refractivity (Wildman–Crippen MR) is 129 cm³/mol. The largest absolute Gasteiger partial charge is 0.507 e. The first-order chi connectivity index (χ1) is 16.5. The maximum atomic E-state index is 13.1. The monoisotopic (exact) mass is 457 g/mol. The molecule has 2 aromatic carbocycles. The lowest BCUT2D eigenvalue weighted by molar-refractivity contribution is -0.139. The van der Waals surface area contributed by atoms with E-state index in [1.807, 2.05) is 42.0 Å². The molecule has 34 heavy (non-hydrogen) atoms. The van der Waals surface area contributed by atoms with Crippen LogP contribution in [0.5, 0.6) is 5.75 Å². The fraction of sp³-hybridized carbons (Fsp3) is 0.222. The van der Waals surface area contributed by atoms with Gasteiger partial charge < -0.3 is 19.3 Å². The van der Waals surface area contributed by atoms with Gasteiger partial charge in [0.05, 0.1) is 17.9 Å². The lowest BCUT2D eigenvalue weighted by atomic mass is 9.95. The van der Waals surface area contributed by atoms with Crippen molar-refractivity contribution in [2.75, 3.05) is 13.2 Å². The van der Waals surface area contributed by atoms with E-state index in [0.29, 0.717) is 37.4 Å². The van der Waals surface area contributed by atoms with Crippen LogP contribution in [-0.2, 0) is 16.1 Å². The van der Waals surface area contributed by atoms with E-state index < -0.39 is 17.7 Å². The number of benzene rings is 2. The number of nitrogens with zero attached hydrogens (tertiary/aromatic N) is 3. The molecule has 3 aromatic rings.